The molecule has 0 atom stereocenters. The van der Waals surface area contributed by atoms with E-state index in [9.17, 15) is 9.90 Å². The smallest absolute Gasteiger partial charge is 0.363 e. The highest BCUT2D eigenvalue weighted by Crippen LogP contribution is 2.20. The lowest BCUT2D eigenvalue weighted by Gasteiger charge is -1.97. The largest absolute Gasteiger partial charge is 0.508 e. The highest BCUT2D eigenvalue weighted by Gasteiger charge is 2.23. The van der Waals surface area contributed by atoms with Gasteiger partial charge in [-0.2, -0.15) is 0 Å². The van der Waals surface area contributed by atoms with Crippen LogP contribution in [0.25, 0.3) is 6.08 Å². The molecule has 2 aromatic carbocycles. The molecular formula is C16H11NO3. The predicted molar refractivity (Wildman–Crippen MR) is 75.2 cm³/mol. The molecular weight excluding hydrogens is 254 g/mol. The summed E-state index contributed by atoms with van der Waals surface area (Å²) < 4.78 is 5.14. The number of aliphatic imine (C=N–C) groups is 1. The average molecular weight is 265 g/mol. The number of hydrogen-bond donors (Lipinski definition) is 1. The van der Waals surface area contributed by atoms with Gasteiger partial charge >= 0.3 is 5.97 Å². The van der Waals surface area contributed by atoms with E-state index in [4.69, 9.17) is 4.74 Å². The van der Waals surface area contributed by atoms with E-state index >= 15 is 0 Å². The highest BCUT2D eigenvalue weighted by atomic mass is 16.6. The Kier molecular flexibility index (Phi) is 3.05. The van der Waals surface area contributed by atoms with Crippen molar-refractivity contribution in [3.8, 4) is 5.75 Å². The third kappa shape index (κ3) is 2.44. The quantitative estimate of drug-likeness (QED) is 0.671. The molecule has 0 saturated heterocycles. The first-order valence-corrected chi connectivity index (χ1v) is 6.09. The second-order valence-electron chi connectivity index (χ2n) is 4.30. The monoisotopic (exact) mass is 265 g/mol. The summed E-state index contributed by atoms with van der Waals surface area (Å²) >= 11 is 0. The topological polar surface area (TPSA) is 58.9 Å². The number of benzene rings is 2. The summed E-state index contributed by atoms with van der Waals surface area (Å²) in [6.07, 6.45) is 1.58. The summed E-state index contributed by atoms with van der Waals surface area (Å²) in [4.78, 5) is 16.0. The van der Waals surface area contributed by atoms with E-state index in [0.29, 0.717) is 11.5 Å². The Balaban J connectivity index is 1.95. The third-order valence-electron chi connectivity index (χ3n) is 2.81. The third-order valence-corrected chi connectivity index (χ3v) is 2.81. The van der Waals surface area contributed by atoms with Crippen LogP contribution in [0.15, 0.2) is 65.3 Å². The standard InChI is InChI=1S/C16H11NO3/c18-13-8-4-5-11(9-13)10-14-16(19)20-15(17-14)12-6-2-1-3-7-12/h1-10,18H/b14-10-. The summed E-state index contributed by atoms with van der Waals surface area (Å²) in [5.74, 6) is -0.0628. The van der Waals surface area contributed by atoms with Gasteiger partial charge in [0.15, 0.2) is 5.70 Å². The molecule has 20 heavy (non-hydrogen) atoms. The van der Waals surface area contributed by atoms with Crippen LogP contribution in [0.1, 0.15) is 11.1 Å². The van der Waals surface area contributed by atoms with Crippen molar-refractivity contribution < 1.29 is 14.6 Å². The Labute approximate surface area is 115 Å². The predicted octanol–water partition coefficient (Wildman–Crippen LogP) is 2.74. The fraction of sp³-hybridized carbons (Fsp3) is 0. The maximum absolute atomic E-state index is 11.8. The molecule has 98 valence electrons. The van der Waals surface area contributed by atoms with Gasteiger partial charge in [-0.3, -0.25) is 0 Å². The Morgan fingerprint density at radius 3 is 2.60 bits per heavy atom. The van der Waals surface area contributed by atoms with E-state index in [1.807, 2.05) is 30.3 Å². The number of cyclic esters (lactones) is 1. The van der Waals surface area contributed by atoms with Crippen molar-refractivity contribution in [2.45, 2.75) is 0 Å². The normalized spacial score (nSPS) is 16.1. The molecule has 0 aromatic heterocycles. The summed E-state index contributed by atoms with van der Waals surface area (Å²) in [6.45, 7) is 0. The van der Waals surface area contributed by atoms with Gasteiger partial charge in [0, 0.05) is 5.56 Å². The fourth-order valence-corrected chi connectivity index (χ4v) is 1.89. The number of phenolic OH excluding ortho intramolecular Hbond substituents is 1. The molecule has 0 unspecified atom stereocenters. The maximum Gasteiger partial charge on any atom is 0.363 e. The first kappa shape index (κ1) is 12.2. The molecule has 4 nitrogen and oxygen atoms in total. The Hall–Kier alpha value is -2.88. The number of rotatable bonds is 2. The Morgan fingerprint density at radius 1 is 1.05 bits per heavy atom. The molecule has 1 N–H and O–H groups in total. The second-order valence-corrected chi connectivity index (χ2v) is 4.30. The van der Waals surface area contributed by atoms with E-state index < -0.39 is 5.97 Å². The van der Waals surface area contributed by atoms with Gasteiger partial charge < -0.3 is 9.84 Å². The van der Waals surface area contributed by atoms with E-state index in [0.717, 1.165) is 5.56 Å². The van der Waals surface area contributed by atoms with Crippen molar-refractivity contribution in [2.75, 3.05) is 0 Å². The van der Waals surface area contributed by atoms with Crippen molar-refractivity contribution in [1.29, 1.82) is 0 Å². The summed E-state index contributed by atoms with van der Waals surface area (Å²) in [7, 11) is 0. The highest BCUT2D eigenvalue weighted by molar-refractivity contribution is 6.12. The molecule has 0 bridgehead atoms. The zero-order valence-electron chi connectivity index (χ0n) is 10.5. The average Bonchev–Trinajstić information content (AvgIpc) is 2.81. The fourth-order valence-electron chi connectivity index (χ4n) is 1.89. The lowest BCUT2D eigenvalue weighted by atomic mass is 10.2. The van der Waals surface area contributed by atoms with Crippen LogP contribution in [0.2, 0.25) is 0 Å². The van der Waals surface area contributed by atoms with E-state index in [2.05, 4.69) is 4.99 Å². The minimum Gasteiger partial charge on any atom is -0.508 e. The van der Waals surface area contributed by atoms with Crippen molar-refractivity contribution in [1.82, 2.24) is 0 Å². The Morgan fingerprint density at radius 2 is 1.85 bits per heavy atom. The molecule has 0 spiro atoms. The van der Waals surface area contributed by atoms with Gasteiger partial charge in [0.1, 0.15) is 5.75 Å². The number of esters is 1. The zero-order valence-corrected chi connectivity index (χ0v) is 10.5. The van der Waals surface area contributed by atoms with Crippen LogP contribution < -0.4 is 0 Å². The van der Waals surface area contributed by atoms with Gasteiger partial charge in [-0.25, -0.2) is 9.79 Å². The van der Waals surface area contributed by atoms with Crippen molar-refractivity contribution in [3.05, 3.63) is 71.4 Å². The van der Waals surface area contributed by atoms with Gasteiger partial charge in [0.05, 0.1) is 0 Å². The molecule has 0 radical (unpaired) electrons. The van der Waals surface area contributed by atoms with Gasteiger partial charge in [-0.05, 0) is 35.9 Å². The molecule has 2 aromatic rings. The first-order valence-electron chi connectivity index (χ1n) is 6.09. The second kappa shape index (κ2) is 5.01. The maximum atomic E-state index is 11.8. The number of nitrogens with zero attached hydrogens (tertiary/aromatic N) is 1. The van der Waals surface area contributed by atoms with Crippen LogP contribution in [-0.4, -0.2) is 17.0 Å². The number of hydrogen-bond acceptors (Lipinski definition) is 4. The minimum absolute atomic E-state index is 0.137. The number of aromatic hydroxyl groups is 1. The van der Waals surface area contributed by atoms with E-state index in [1.54, 1.807) is 30.3 Å². The van der Waals surface area contributed by atoms with Crippen LogP contribution >= 0.6 is 0 Å². The molecule has 1 aliphatic rings. The van der Waals surface area contributed by atoms with Crippen LogP contribution in [-0.2, 0) is 9.53 Å². The van der Waals surface area contributed by atoms with Crippen molar-refractivity contribution in [2.24, 2.45) is 4.99 Å². The van der Waals surface area contributed by atoms with Crippen LogP contribution in [0.4, 0.5) is 0 Å². The zero-order chi connectivity index (χ0) is 13.9. The van der Waals surface area contributed by atoms with Crippen LogP contribution in [0, 0.1) is 0 Å². The van der Waals surface area contributed by atoms with Gasteiger partial charge in [-0.15, -0.1) is 0 Å². The lowest BCUT2D eigenvalue weighted by molar-refractivity contribution is -0.129. The Bertz CT molecular complexity index is 718. The number of carbonyl (C=O) groups excluding carboxylic acids is 1. The van der Waals surface area contributed by atoms with Gasteiger partial charge in [0.2, 0.25) is 5.90 Å². The lowest BCUT2D eigenvalue weighted by Crippen LogP contribution is -2.04. The van der Waals surface area contributed by atoms with Crippen molar-refractivity contribution in [3.63, 3.8) is 0 Å². The molecule has 1 heterocycles. The SMILES string of the molecule is O=C1OC(c2ccccc2)=N/C1=C\c1cccc(O)c1. The summed E-state index contributed by atoms with van der Waals surface area (Å²) in [6, 6.07) is 15.8. The van der Waals surface area contributed by atoms with Crippen LogP contribution in [0.3, 0.4) is 0 Å². The molecule has 3 rings (SSSR count). The minimum atomic E-state index is -0.493. The summed E-state index contributed by atoms with van der Waals surface area (Å²) in [5, 5.41) is 9.40. The molecule has 0 amide bonds. The molecule has 0 aliphatic carbocycles. The van der Waals surface area contributed by atoms with E-state index in [-0.39, 0.29) is 11.4 Å². The molecule has 0 saturated carbocycles. The first-order chi connectivity index (χ1) is 9.72. The number of carbonyl (C=O) groups is 1. The van der Waals surface area contributed by atoms with E-state index in [1.165, 1.54) is 0 Å². The number of ether oxygens (including phenoxy) is 1. The van der Waals surface area contributed by atoms with Gasteiger partial charge in [-0.1, -0.05) is 30.3 Å². The van der Waals surface area contributed by atoms with Crippen LogP contribution in [0.5, 0.6) is 5.75 Å². The number of phenols is 1. The molecule has 1 aliphatic heterocycles. The molecule has 0 fully saturated rings. The molecule has 4 heteroatoms. The van der Waals surface area contributed by atoms with Crippen molar-refractivity contribution >= 4 is 17.9 Å². The van der Waals surface area contributed by atoms with Gasteiger partial charge in [0.25, 0.3) is 0 Å². The summed E-state index contributed by atoms with van der Waals surface area (Å²) in [5.41, 5.74) is 1.66.